The summed E-state index contributed by atoms with van der Waals surface area (Å²) in [5.41, 5.74) is 0. The van der Waals surface area contributed by atoms with Gasteiger partial charge in [-0.1, -0.05) is 19.8 Å². The van der Waals surface area contributed by atoms with E-state index in [2.05, 4.69) is 11.8 Å². The van der Waals surface area contributed by atoms with Crippen LogP contribution in [0.1, 0.15) is 32.6 Å². The summed E-state index contributed by atoms with van der Waals surface area (Å²) in [6.45, 7) is 6.28. The van der Waals surface area contributed by atoms with Crippen LogP contribution in [0.2, 0.25) is 0 Å². The standard InChI is InChI=1S/C15H25NO5/c1-2-3-4-13(21-15(19)6-5-14(17)18)7-8-16-9-11-20-12-10-16/h5-6,13H,2-4,7-12H2,1H3,(H,17,18). The molecule has 0 aromatic heterocycles. The van der Waals surface area contributed by atoms with E-state index in [1.54, 1.807) is 0 Å². The number of ether oxygens (including phenoxy) is 2. The van der Waals surface area contributed by atoms with Gasteiger partial charge in [0.05, 0.1) is 13.2 Å². The minimum atomic E-state index is -1.15. The third-order valence-corrected chi connectivity index (χ3v) is 3.40. The molecule has 1 atom stereocenters. The normalized spacial score (nSPS) is 17.8. The lowest BCUT2D eigenvalue weighted by Crippen LogP contribution is -2.38. The molecule has 0 radical (unpaired) electrons. The van der Waals surface area contributed by atoms with Crippen LogP contribution >= 0.6 is 0 Å². The van der Waals surface area contributed by atoms with E-state index in [1.165, 1.54) is 0 Å². The van der Waals surface area contributed by atoms with E-state index < -0.39 is 11.9 Å². The van der Waals surface area contributed by atoms with Gasteiger partial charge in [0.2, 0.25) is 0 Å². The summed E-state index contributed by atoms with van der Waals surface area (Å²) in [6, 6.07) is 0. The number of carboxylic acids is 1. The van der Waals surface area contributed by atoms with Crippen LogP contribution in [-0.4, -0.2) is 60.9 Å². The zero-order valence-corrected chi connectivity index (χ0v) is 12.6. The largest absolute Gasteiger partial charge is 0.478 e. The molecule has 1 heterocycles. The van der Waals surface area contributed by atoms with Crippen LogP contribution in [0, 0.1) is 0 Å². The number of nitrogens with zero attached hydrogens (tertiary/aromatic N) is 1. The molecule has 0 amide bonds. The number of carboxylic acid groups (broad SMARTS) is 1. The minimum Gasteiger partial charge on any atom is -0.478 e. The van der Waals surface area contributed by atoms with Crippen LogP contribution in [-0.2, 0) is 19.1 Å². The Morgan fingerprint density at radius 3 is 2.62 bits per heavy atom. The Kier molecular flexibility index (Phi) is 8.69. The van der Waals surface area contributed by atoms with Crippen molar-refractivity contribution < 1.29 is 24.2 Å². The van der Waals surface area contributed by atoms with Gasteiger partial charge in [0.1, 0.15) is 6.10 Å². The van der Waals surface area contributed by atoms with Crippen molar-refractivity contribution in [2.24, 2.45) is 0 Å². The van der Waals surface area contributed by atoms with Gasteiger partial charge in [-0.15, -0.1) is 0 Å². The first-order valence-corrected chi connectivity index (χ1v) is 7.53. The van der Waals surface area contributed by atoms with Gasteiger partial charge in [-0.25, -0.2) is 9.59 Å². The summed E-state index contributed by atoms with van der Waals surface area (Å²) in [6.07, 6.45) is 5.23. The molecule has 1 aliphatic rings. The van der Waals surface area contributed by atoms with Crippen LogP contribution in [0.25, 0.3) is 0 Å². The van der Waals surface area contributed by atoms with Crippen LogP contribution in [0.4, 0.5) is 0 Å². The molecule has 0 aromatic rings. The van der Waals surface area contributed by atoms with Gasteiger partial charge in [0.25, 0.3) is 0 Å². The lowest BCUT2D eigenvalue weighted by Gasteiger charge is -2.28. The quantitative estimate of drug-likeness (QED) is 0.513. The van der Waals surface area contributed by atoms with Gasteiger partial charge in [-0.05, 0) is 12.8 Å². The molecule has 1 unspecified atom stereocenters. The van der Waals surface area contributed by atoms with E-state index in [0.717, 1.165) is 70.7 Å². The Balaban J connectivity index is 2.38. The summed E-state index contributed by atoms with van der Waals surface area (Å²) >= 11 is 0. The number of carbonyl (C=O) groups is 2. The fourth-order valence-corrected chi connectivity index (χ4v) is 2.19. The number of esters is 1. The van der Waals surface area contributed by atoms with Crippen molar-refractivity contribution >= 4 is 11.9 Å². The van der Waals surface area contributed by atoms with Gasteiger partial charge >= 0.3 is 11.9 Å². The molecular formula is C15H25NO5. The first-order chi connectivity index (χ1) is 10.1. The number of rotatable bonds is 9. The molecule has 1 fully saturated rings. The fourth-order valence-electron chi connectivity index (χ4n) is 2.19. The highest BCUT2D eigenvalue weighted by molar-refractivity contribution is 5.90. The topological polar surface area (TPSA) is 76.1 Å². The molecule has 1 rings (SSSR count). The van der Waals surface area contributed by atoms with Crippen molar-refractivity contribution in [3.8, 4) is 0 Å². The summed E-state index contributed by atoms with van der Waals surface area (Å²) in [5.74, 6) is -1.73. The Morgan fingerprint density at radius 2 is 2.00 bits per heavy atom. The predicted octanol–water partition coefficient (Wildman–Crippen LogP) is 1.45. The number of aliphatic carboxylic acids is 1. The van der Waals surface area contributed by atoms with Crippen molar-refractivity contribution in [1.29, 1.82) is 0 Å². The average molecular weight is 299 g/mol. The Bertz CT molecular complexity index is 350. The maximum atomic E-state index is 11.6. The summed E-state index contributed by atoms with van der Waals surface area (Å²) in [7, 11) is 0. The van der Waals surface area contributed by atoms with E-state index in [-0.39, 0.29) is 6.10 Å². The van der Waals surface area contributed by atoms with Crippen molar-refractivity contribution in [2.45, 2.75) is 38.7 Å². The highest BCUT2D eigenvalue weighted by atomic mass is 16.5. The van der Waals surface area contributed by atoms with Crippen LogP contribution in [0.3, 0.4) is 0 Å². The molecule has 6 heteroatoms. The monoisotopic (exact) mass is 299 g/mol. The first kappa shape index (κ1) is 17.7. The Morgan fingerprint density at radius 1 is 1.29 bits per heavy atom. The predicted molar refractivity (Wildman–Crippen MR) is 78.1 cm³/mol. The zero-order valence-electron chi connectivity index (χ0n) is 12.6. The smallest absolute Gasteiger partial charge is 0.331 e. The molecule has 0 aliphatic carbocycles. The van der Waals surface area contributed by atoms with Gasteiger partial charge in [0.15, 0.2) is 0 Å². The molecule has 0 bridgehead atoms. The van der Waals surface area contributed by atoms with Crippen molar-refractivity contribution in [3.05, 3.63) is 12.2 Å². The zero-order chi connectivity index (χ0) is 15.5. The molecule has 120 valence electrons. The third-order valence-electron chi connectivity index (χ3n) is 3.40. The molecule has 1 aliphatic heterocycles. The molecular weight excluding hydrogens is 274 g/mol. The van der Waals surface area contributed by atoms with Crippen LogP contribution < -0.4 is 0 Å². The first-order valence-electron chi connectivity index (χ1n) is 7.53. The van der Waals surface area contributed by atoms with Gasteiger partial charge in [0, 0.05) is 31.8 Å². The Labute approximate surface area is 125 Å². The molecule has 1 saturated heterocycles. The molecule has 21 heavy (non-hydrogen) atoms. The van der Waals surface area contributed by atoms with Gasteiger partial charge in [-0.2, -0.15) is 0 Å². The summed E-state index contributed by atoms with van der Waals surface area (Å²) in [5, 5.41) is 8.50. The highest BCUT2D eigenvalue weighted by Gasteiger charge is 2.16. The molecule has 6 nitrogen and oxygen atoms in total. The summed E-state index contributed by atoms with van der Waals surface area (Å²) in [4.78, 5) is 24.2. The molecule has 0 aromatic carbocycles. The lowest BCUT2D eigenvalue weighted by atomic mass is 10.1. The number of carbonyl (C=O) groups excluding carboxylic acids is 1. The number of hydrogen-bond donors (Lipinski definition) is 1. The Hall–Kier alpha value is -1.40. The second-order valence-corrected chi connectivity index (χ2v) is 5.12. The molecule has 0 spiro atoms. The van der Waals surface area contributed by atoms with E-state index in [4.69, 9.17) is 14.6 Å². The van der Waals surface area contributed by atoms with E-state index >= 15 is 0 Å². The minimum absolute atomic E-state index is 0.154. The summed E-state index contributed by atoms with van der Waals surface area (Å²) < 4.78 is 10.6. The van der Waals surface area contributed by atoms with Crippen molar-refractivity contribution in [2.75, 3.05) is 32.8 Å². The van der Waals surface area contributed by atoms with Gasteiger partial charge in [-0.3, -0.25) is 4.90 Å². The number of unbranched alkanes of at least 4 members (excludes halogenated alkanes) is 1. The SMILES string of the molecule is CCCCC(CCN1CCOCC1)OC(=O)C=CC(=O)O. The van der Waals surface area contributed by atoms with Crippen molar-refractivity contribution in [3.63, 3.8) is 0 Å². The van der Waals surface area contributed by atoms with E-state index in [0.29, 0.717) is 0 Å². The number of hydrogen-bond acceptors (Lipinski definition) is 5. The lowest BCUT2D eigenvalue weighted by molar-refractivity contribution is -0.144. The maximum Gasteiger partial charge on any atom is 0.331 e. The fraction of sp³-hybridized carbons (Fsp3) is 0.733. The molecule has 0 saturated carbocycles. The van der Waals surface area contributed by atoms with Crippen LogP contribution in [0.5, 0.6) is 0 Å². The van der Waals surface area contributed by atoms with Gasteiger partial charge < -0.3 is 14.6 Å². The van der Waals surface area contributed by atoms with E-state index in [9.17, 15) is 9.59 Å². The van der Waals surface area contributed by atoms with E-state index in [1.807, 2.05) is 0 Å². The maximum absolute atomic E-state index is 11.6. The van der Waals surface area contributed by atoms with Crippen molar-refractivity contribution in [1.82, 2.24) is 4.90 Å². The van der Waals surface area contributed by atoms with Crippen LogP contribution in [0.15, 0.2) is 12.2 Å². The third kappa shape index (κ3) is 8.47. The number of morpholine rings is 1. The molecule has 1 N–H and O–H groups in total. The average Bonchev–Trinajstić information content (AvgIpc) is 2.49. The second-order valence-electron chi connectivity index (χ2n) is 5.12. The second kappa shape index (κ2) is 10.3. The highest BCUT2D eigenvalue weighted by Crippen LogP contribution is 2.11.